The van der Waals surface area contributed by atoms with Gasteiger partial charge in [-0.15, -0.1) is 0 Å². The zero-order valence-electron chi connectivity index (χ0n) is 14.0. The zero-order chi connectivity index (χ0) is 16.2. The van der Waals surface area contributed by atoms with Gasteiger partial charge < -0.3 is 15.4 Å². The van der Waals surface area contributed by atoms with Gasteiger partial charge in [-0.2, -0.15) is 0 Å². The van der Waals surface area contributed by atoms with Gasteiger partial charge in [-0.05, 0) is 39.8 Å². The number of hydrogen-bond donors (Lipinski definition) is 2. The number of carbonyl (C=O) groups excluding carboxylic acids is 2. The van der Waals surface area contributed by atoms with Crippen LogP contribution in [0.1, 0.15) is 33.6 Å². The molecular formula is C15H29N3O3. The van der Waals surface area contributed by atoms with Gasteiger partial charge >= 0.3 is 0 Å². The number of ether oxygens (including phenoxy) is 1. The summed E-state index contributed by atoms with van der Waals surface area (Å²) in [4.78, 5) is 25.9. The number of likely N-dealkylation sites (N-methyl/N-ethyl adjacent to an activating group) is 1. The molecule has 0 aromatic heterocycles. The first-order valence-electron chi connectivity index (χ1n) is 7.56. The number of nitrogens with zero attached hydrogens (tertiary/aromatic N) is 1. The van der Waals surface area contributed by atoms with Crippen LogP contribution in [-0.4, -0.2) is 62.1 Å². The van der Waals surface area contributed by atoms with Gasteiger partial charge in [0, 0.05) is 19.2 Å². The van der Waals surface area contributed by atoms with E-state index >= 15 is 0 Å². The Morgan fingerprint density at radius 3 is 1.90 bits per heavy atom. The molecule has 122 valence electrons. The standard InChI is InChI=1S/C15H29N3O3/c1-9(2)13(18(4)5)15(20)17-12-7-11(8-12)16-14(19)10(3)21-6/h9-13H,7-8H2,1-6H3,(H,16,19)(H,17,20)/t10-,11?,12?,13?/m0/s1. The van der Waals surface area contributed by atoms with E-state index < -0.39 is 6.10 Å². The number of rotatable bonds is 7. The van der Waals surface area contributed by atoms with Gasteiger partial charge in [-0.25, -0.2) is 0 Å². The Morgan fingerprint density at radius 2 is 1.52 bits per heavy atom. The summed E-state index contributed by atoms with van der Waals surface area (Å²) in [5, 5.41) is 5.98. The fraction of sp³-hybridized carbons (Fsp3) is 0.867. The van der Waals surface area contributed by atoms with Crippen LogP contribution in [0.2, 0.25) is 0 Å². The Labute approximate surface area is 127 Å². The van der Waals surface area contributed by atoms with Crippen molar-refractivity contribution in [2.24, 2.45) is 5.92 Å². The largest absolute Gasteiger partial charge is 0.372 e. The number of amides is 2. The Kier molecular flexibility index (Phi) is 6.61. The molecule has 0 saturated heterocycles. The molecule has 1 unspecified atom stereocenters. The highest BCUT2D eigenvalue weighted by molar-refractivity contribution is 5.83. The average molecular weight is 299 g/mol. The summed E-state index contributed by atoms with van der Waals surface area (Å²) < 4.78 is 4.97. The monoisotopic (exact) mass is 299 g/mol. The van der Waals surface area contributed by atoms with Crippen molar-refractivity contribution in [3.63, 3.8) is 0 Å². The van der Waals surface area contributed by atoms with Crippen molar-refractivity contribution in [2.75, 3.05) is 21.2 Å². The van der Waals surface area contributed by atoms with Gasteiger partial charge in [-0.1, -0.05) is 13.8 Å². The second-order valence-electron chi connectivity index (χ2n) is 6.41. The van der Waals surface area contributed by atoms with Gasteiger partial charge in [-0.3, -0.25) is 14.5 Å². The SMILES string of the molecule is CO[C@@H](C)C(=O)NC1CC(NC(=O)C(C(C)C)N(C)C)C1. The maximum absolute atomic E-state index is 12.3. The van der Waals surface area contributed by atoms with Crippen LogP contribution >= 0.6 is 0 Å². The molecule has 0 aliphatic heterocycles. The predicted molar refractivity (Wildman–Crippen MR) is 81.9 cm³/mol. The Hall–Kier alpha value is -1.14. The lowest BCUT2D eigenvalue weighted by Crippen LogP contribution is -2.58. The second kappa shape index (κ2) is 7.75. The zero-order valence-corrected chi connectivity index (χ0v) is 14.0. The normalized spacial score (nSPS) is 24.4. The highest BCUT2D eigenvalue weighted by Gasteiger charge is 2.34. The predicted octanol–water partition coefficient (Wildman–Crippen LogP) is 0.371. The van der Waals surface area contributed by atoms with E-state index in [0.29, 0.717) is 0 Å². The van der Waals surface area contributed by atoms with E-state index in [2.05, 4.69) is 10.6 Å². The Bertz CT molecular complexity index is 357. The summed E-state index contributed by atoms with van der Waals surface area (Å²) in [7, 11) is 5.35. The van der Waals surface area contributed by atoms with Gasteiger partial charge in [0.25, 0.3) is 0 Å². The highest BCUT2D eigenvalue weighted by Crippen LogP contribution is 2.21. The fourth-order valence-electron chi connectivity index (χ4n) is 2.70. The minimum Gasteiger partial charge on any atom is -0.372 e. The van der Waals surface area contributed by atoms with Crippen molar-refractivity contribution >= 4 is 11.8 Å². The van der Waals surface area contributed by atoms with E-state index in [1.165, 1.54) is 7.11 Å². The molecule has 0 aromatic rings. The van der Waals surface area contributed by atoms with E-state index in [4.69, 9.17) is 4.74 Å². The Balaban J connectivity index is 2.34. The van der Waals surface area contributed by atoms with Crippen LogP contribution in [0.5, 0.6) is 0 Å². The average Bonchev–Trinajstić information content (AvgIpc) is 2.33. The van der Waals surface area contributed by atoms with Crippen LogP contribution in [0.15, 0.2) is 0 Å². The molecule has 21 heavy (non-hydrogen) atoms. The molecule has 1 rings (SSSR count). The van der Waals surface area contributed by atoms with Gasteiger partial charge in [0.15, 0.2) is 0 Å². The number of hydrogen-bond acceptors (Lipinski definition) is 4. The highest BCUT2D eigenvalue weighted by atomic mass is 16.5. The van der Waals surface area contributed by atoms with Crippen LogP contribution in [0, 0.1) is 5.92 Å². The van der Waals surface area contributed by atoms with Crippen LogP contribution in [0.25, 0.3) is 0 Å². The fourth-order valence-corrected chi connectivity index (χ4v) is 2.70. The summed E-state index contributed by atoms with van der Waals surface area (Å²) in [6, 6.07) is 0.172. The van der Waals surface area contributed by atoms with E-state index in [9.17, 15) is 9.59 Å². The smallest absolute Gasteiger partial charge is 0.249 e. The minimum atomic E-state index is -0.433. The molecule has 2 amide bonds. The van der Waals surface area contributed by atoms with Crippen molar-refractivity contribution in [1.29, 1.82) is 0 Å². The summed E-state index contributed by atoms with van der Waals surface area (Å²) in [6.45, 7) is 5.80. The lowest BCUT2D eigenvalue weighted by atomic mass is 9.86. The molecule has 1 fully saturated rings. The summed E-state index contributed by atoms with van der Waals surface area (Å²) in [5.41, 5.74) is 0. The second-order valence-corrected chi connectivity index (χ2v) is 6.41. The van der Waals surface area contributed by atoms with Gasteiger partial charge in [0.1, 0.15) is 6.10 Å². The van der Waals surface area contributed by atoms with E-state index in [1.807, 2.05) is 32.8 Å². The van der Waals surface area contributed by atoms with E-state index in [-0.39, 0.29) is 35.9 Å². The van der Waals surface area contributed by atoms with Crippen molar-refractivity contribution in [2.45, 2.75) is 57.8 Å². The lowest BCUT2D eigenvalue weighted by molar-refractivity contribution is -0.131. The first-order chi connectivity index (χ1) is 9.76. The molecule has 2 N–H and O–H groups in total. The number of methoxy groups -OCH3 is 1. The van der Waals surface area contributed by atoms with Crippen molar-refractivity contribution in [3.05, 3.63) is 0 Å². The molecule has 2 atom stereocenters. The third kappa shape index (κ3) is 4.97. The third-order valence-electron chi connectivity index (χ3n) is 4.01. The molecule has 1 saturated carbocycles. The van der Waals surface area contributed by atoms with Gasteiger partial charge in [0.2, 0.25) is 11.8 Å². The van der Waals surface area contributed by atoms with Crippen LogP contribution in [0.3, 0.4) is 0 Å². The van der Waals surface area contributed by atoms with Crippen LogP contribution in [0.4, 0.5) is 0 Å². The van der Waals surface area contributed by atoms with Crippen molar-refractivity contribution < 1.29 is 14.3 Å². The first kappa shape index (κ1) is 17.9. The third-order valence-corrected chi connectivity index (χ3v) is 4.01. The van der Waals surface area contributed by atoms with Crippen LogP contribution in [-0.2, 0) is 14.3 Å². The summed E-state index contributed by atoms with van der Waals surface area (Å²) in [5.74, 6) is 0.230. The molecule has 0 spiro atoms. The lowest BCUT2D eigenvalue weighted by Gasteiger charge is -2.38. The van der Waals surface area contributed by atoms with E-state index in [0.717, 1.165) is 12.8 Å². The van der Waals surface area contributed by atoms with Crippen LogP contribution < -0.4 is 10.6 Å². The molecule has 1 aliphatic rings. The quantitative estimate of drug-likeness (QED) is 0.712. The maximum atomic E-state index is 12.3. The van der Waals surface area contributed by atoms with Crippen molar-refractivity contribution in [1.82, 2.24) is 15.5 Å². The molecule has 6 nitrogen and oxygen atoms in total. The maximum Gasteiger partial charge on any atom is 0.249 e. The number of carbonyl (C=O) groups is 2. The molecule has 6 heteroatoms. The molecular weight excluding hydrogens is 270 g/mol. The van der Waals surface area contributed by atoms with Crippen molar-refractivity contribution in [3.8, 4) is 0 Å². The summed E-state index contributed by atoms with van der Waals surface area (Å²) >= 11 is 0. The molecule has 0 heterocycles. The number of nitrogens with one attached hydrogen (secondary N) is 2. The molecule has 1 aliphatic carbocycles. The molecule has 0 radical (unpaired) electrons. The minimum absolute atomic E-state index is 0.0648. The molecule has 0 bridgehead atoms. The molecule has 0 aromatic carbocycles. The van der Waals surface area contributed by atoms with E-state index in [1.54, 1.807) is 6.92 Å². The summed E-state index contributed by atoms with van der Waals surface area (Å²) in [6.07, 6.45) is 1.14. The van der Waals surface area contributed by atoms with Gasteiger partial charge in [0.05, 0.1) is 6.04 Å². The topological polar surface area (TPSA) is 70.7 Å². The Morgan fingerprint density at radius 1 is 1.05 bits per heavy atom. The first-order valence-corrected chi connectivity index (χ1v) is 7.56.